The maximum atomic E-state index is 12.0. The predicted octanol–water partition coefficient (Wildman–Crippen LogP) is 3.76. The molecular weight excluding hydrogens is 288 g/mol. The van der Waals surface area contributed by atoms with Crippen molar-refractivity contribution in [1.29, 1.82) is 0 Å². The van der Waals surface area contributed by atoms with Crippen molar-refractivity contribution < 1.29 is 9.53 Å². The summed E-state index contributed by atoms with van der Waals surface area (Å²) in [5.74, 6) is 0.760. The molecule has 23 heavy (non-hydrogen) atoms. The Balaban J connectivity index is 1.78. The van der Waals surface area contributed by atoms with E-state index in [1.807, 2.05) is 61.5 Å². The van der Waals surface area contributed by atoms with Crippen LogP contribution < -0.4 is 15.4 Å². The number of amides is 1. The molecule has 0 aromatic heterocycles. The highest BCUT2D eigenvalue weighted by molar-refractivity contribution is 5.92. The molecule has 0 aliphatic carbocycles. The zero-order valence-electron chi connectivity index (χ0n) is 13.7. The van der Waals surface area contributed by atoms with E-state index in [1.54, 1.807) is 0 Å². The van der Waals surface area contributed by atoms with Crippen LogP contribution in [0.15, 0.2) is 54.6 Å². The molecule has 2 N–H and O–H groups in total. The molecule has 1 atom stereocenters. The molecule has 0 heterocycles. The van der Waals surface area contributed by atoms with Gasteiger partial charge in [0.25, 0.3) is 0 Å². The first-order valence-corrected chi connectivity index (χ1v) is 8.00. The van der Waals surface area contributed by atoms with Crippen LogP contribution in [0.5, 0.6) is 5.75 Å². The Bertz CT molecular complexity index is 597. The van der Waals surface area contributed by atoms with Gasteiger partial charge < -0.3 is 15.4 Å². The third kappa shape index (κ3) is 5.75. The van der Waals surface area contributed by atoms with Gasteiger partial charge in [-0.25, -0.2) is 0 Å². The largest absolute Gasteiger partial charge is 0.494 e. The van der Waals surface area contributed by atoms with E-state index < -0.39 is 0 Å². The summed E-state index contributed by atoms with van der Waals surface area (Å²) in [7, 11) is 0. The Morgan fingerprint density at radius 1 is 1.09 bits per heavy atom. The molecule has 0 bridgehead atoms. The van der Waals surface area contributed by atoms with Crippen LogP contribution in [-0.4, -0.2) is 19.1 Å². The summed E-state index contributed by atoms with van der Waals surface area (Å²) in [5.41, 5.74) is 1.94. The van der Waals surface area contributed by atoms with Gasteiger partial charge in [-0.05, 0) is 43.2 Å². The first kappa shape index (κ1) is 17.0. The number of rotatable bonds is 8. The zero-order valence-corrected chi connectivity index (χ0v) is 13.7. The van der Waals surface area contributed by atoms with Crippen LogP contribution in [-0.2, 0) is 4.79 Å². The fraction of sp³-hybridized carbons (Fsp3) is 0.316. The van der Waals surface area contributed by atoms with Crippen molar-refractivity contribution in [1.82, 2.24) is 5.32 Å². The number of hydrogen-bond donors (Lipinski definition) is 2. The molecule has 2 aromatic rings. The zero-order chi connectivity index (χ0) is 16.5. The van der Waals surface area contributed by atoms with Crippen LogP contribution in [0.2, 0.25) is 0 Å². The van der Waals surface area contributed by atoms with E-state index in [4.69, 9.17) is 4.74 Å². The molecule has 0 spiro atoms. The van der Waals surface area contributed by atoms with Gasteiger partial charge in [0.1, 0.15) is 5.75 Å². The average Bonchev–Trinajstić information content (AvgIpc) is 2.60. The molecule has 0 radical (unpaired) electrons. The van der Waals surface area contributed by atoms with Gasteiger partial charge in [0, 0.05) is 11.7 Å². The van der Waals surface area contributed by atoms with Gasteiger partial charge in [-0.2, -0.15) is 0 Å². The van der Waals surface area contributed by atoms with Crippen LogP contribution >= 0.6 is 0 Å². The highest BCUT2D eigenvalue weighted by Gasteiger charge is 2.07. The van der Waals surface area contributed by atoms with Gasteiger partial charge >= 0.3 is 0 Å². The summed E-state index contributed by atoms with van der Waals surface area (Å²) in [6.45, 7) is 5.08. The molecule has 2 rings (SSSR count). The Morgan fingerprint density at radius 2 is 1.78 bits per heavy atom. The molecular formula is C19H24N2O2. The van der Waals surface area contributed by atoms with Gasteiger partial charge in [0.15, 0.2) is 0 Å². The second-order valence-corrected chi connectivity index (χ2v) is 5.43. The lowest BCUT2D eigenvalue weighted by atomic mass is 10.1. The van der Waals surface area contributed by atoms with Crippen molar-refractivity contribution in [3.05, 3.63) is 60.2 Å². The van der Waals surface area contributed by atoms with E-state index in [1.165, 1.54) is 0 Å². The van der Waals surface area contributed by atoms with Crippen LogP contribution in [0.1, 0.15) is 31.9 Å². The van der Waals surface area contributed by atoms with Crippen molar-refractivity contribution in [3.8, 4) is 5.75 Å². The van der Waals surface area contributed by atoms with E-state index >= 15 is 0 Å². The molecule has 2 aromatic carbocycles. The van der Waals surface area contributed by atoms with Crippen LogP contribution in [0.25, 0.3) is 0 Å². The third-order valence-electron chi connectivity index (χ3n) is 3.48. The molecule has 1 unspecified atom stereocenters. The van der Waals surface area contributed by atoms with Gasteiger partial charge in [-0.15, -0.1) is 0 Å². The van der Waals surface area contributed by atoms with Crippen LogP contribution in [0.4, 0.5) is 5.69 Å². The smallest absolute Gasteiger partial charge is 0.238 e. The van der Waals surface area contributed by atoms with Gasteiger partial charge in [-0.3, -0.25) is 4.79 Å². The number of ether oxygens (including phenoxy) is 1. The number of carbonyl (C=O) groups is 1. The molecule has 0 aliphatic rings. The maximum Gasteiger partial charge on any atom is 0.238 e. The monoisotopic (exact) mass is 312 g/mol. The number of carbonyl (C=O) groups excluding carboxylic acids is 1. The fourth-order valence-corrected chi connectivity index (χ4v) is 2.16. The topological polar surface area (TPSA) is 50.4 Å². The number of nitrogens with one attached hydrogen (secondary N) is 2. The van der Waals surface area contributed by atoms with Gasteiger partial charge in [0.05, 0.1) is 13.2 Å². The van der Waals surface area contributed by atoms with Crippen LogP contribution in [0, 0.1) is 0 Å². The van der Waals surface area contributed by atoms with Crippen molar-refractivity contribution >= 4 is 11.6 Å². The van der Waals surface area contributed by atoms with Crippen molar-refractivity contribution in [3.63, 3.8) is 0 Å². The van der Waals surface area contributed by atoms with E-state index in [-0.39, 0.29) is 18.5 Å². The van der Waals surface area contributed by atoms with E-state index in [0.29, 0.717) is 6.61 Å². The summed E-state index contributed by atoms with van der Waals surface area (Å²) in [6, 6.07) is 17.6. The molecule has 0 saturated heterocycles. The Labute approximate surface area is 137 Å². The fourth-order valence-electron chi connectivity index (χ4n) is 2.16. The molecule has 4 nitrogen and oxygen atoms in total. The second-order valence-electron chi connectivity index (χ2n) is 5.43. The minimum absolute atomic E-state index is 0.0602. The van der Waals surface area contributed by atoms with E-state index in [9.17, 15) is 4.79 Å². The van der Waals surface area contributed by atoms with Crippen molar-refractivity contribution in [2.45, 2.75) is 26.3 Å². The average molecular weight is 312 g/mol. The number of anilines is 1. The van der Waals surface area contributed by atoms with E-state index in [0.717, 1.165) is 23.4 Å². The highest BCUT2D eigenvalue weighted by Crippen LogP contribution is 2.16. The predicted molar refractivity (Wildman–Crippen MR) is 93.7 cm³/mol. The summed E-state index contributed by atoms with van der Waals surface area (Å²) < 4.78 is 5.52. The molecule has 0 aliphatic heterocycles. The highest BCUT2D eigenvalue weighted by atomic mass is 16.5. The summed E-state index contributed by atoms with van der Waals surface area (Å²) >= 11 is 0. The molecule has 1 amide bonds. The third-order valence-corrected chi connectivity index (χ3v) is 3.48. The lowest BCUT2D eigenvalue weighted by Gasteiger charge is -2.14. The minimum atomic E-state index is -0.0602. The normalized spacial score (nSPS) is 11.7. The summed E-state index contributed by atoms with van der Waals surface area (Å²) in [6.07, 6.45) is 0.976. The molecule has 0 fully saturated rings. The molecule has 4 heteroatoms. The molecule has 122 valence electrons. The van der Waals surface area contributed by atoms with Crippen molar-refractivity contribution in [2.24, 2.45) is 0 Å². The van der Waals surface area contributed by atoms with Gasteiger partial charge in [0.2, 0.25) is 5.91 Å². The summed E-state index contributed by atoms with van der Waals surface area (Å²) in [5, 5.41) is 6.10. The maximum absolute atomic E-state index is 12.0. The van der Waals surface area contributed by atoms with E-state index in [2.05, 4.69) is 17.6 Å². The number of benzene rings is 2. The Morgan fingerprint density at radius 3 is 2.43 bits per heavy atom. The Hall–Kier alpha value is -2.33. The lowest BCUT2D eigenvalue weighted by molar-refractivity contribution is -0.115. The lowest BCUT2D eigenvalue weighted by Crippen LogP contribution is -2.30. The second kappa shape index (κ2) is 8.96. The minimum Gasteiger partial charge on any atom is -0.494 e. The standard InChI is InChI=1S/C19H24N2O2/c1-3-13-23-18-11-9-17(10-12-18)21-19(22)14-20-15(2)16-7-5-4-6-8-16/h4-12,15,20H,3,13-14H2,1-2H3,(H,21,22). The first-order chi connectivity index (χ1) is 11.2. The Kier molecular flexibility index (Phi) is 6.63. The van der Waals surface area contributed by atoms with Crippen LogP contribution in [0.3, 0.4) is 0 Å². The summed E-state index contributed by atoms with van der Waals surface area (Å²) in [4.78, 5) is 12.0. The van der Waals surface area contributed by atoms with Crippen molar-refractivity contribution in [2.75, 3.05) is 18.5 Å². The first-order valence-electron chi connectivity index (χ1n) is 8.00. The van der Waals surface area contributed by atoms with Gasteiger partial charge in [-0.1, -0.05) is 37.3 Å². The SMILES string of the molecule is CCCOc1ccc(NC(=O)CNC(C)c2ccccc2)cc1. The molecule has 0 saturated carbocycles. The quantitative estimate of drug-likeness (QED) is 0.780. The number of hydrogen-bond acceptors (Lipinski definition) is 3.